The van der Waals surface area contributed by atoms with E-state index < -0.39 is 6.04 Å². The first-order chi connectivity index (χ1) is 7.35. The van der Waals surface area contributed by atoms with Gasteiger partial charge in [0.15, 0.2) is 0 Å². The summed E-state index contributed by atoms with van der Waals surface area (Å²) >= 11 is 0. The van der Waals surface area contributed by atoms with E-state index in [4.69, 9.17) is 4.74 Å². The van der Waals surface area contributed by atoms with Gasteiger partial charge >= 0.3 is 0 Å². The van der Waals surface area contributed by atoms with Crippen molar-refractivity contribution >= 4 is 11.8 Å². The van der Waals surface area contributed by atoms with Crippen LogP contribution in [0.5, 0.6) is 0 Å². The number of carbonyl (C=O) groups excluding carboxylic acids is 2. The molecule has 0 aromatic rings. The van der Waals surface area contributed by atoms with Gasteiger partial charge < -0.3 is 15.0 Å². The number of amides is 2. The van der Waals surface area contributed by atoms with E-state index in [0.717, 1.165) is 6.42 Å². The van der Waals surface area contributed by atoms with Crippen molar-refractivity contribution < 1.29 is 14.3 Å². The largest absolute Gasteiger partial charge is 0.379 e. The maximum absolute atomic E-state index is 11.7. The number of piperazine rings is 1. The molecule has 1 fully saturated rings. The molecular formula is C11H20N2O3. The van der Waals surface area contributed by atoms with Gasteiger partial charge in [0.05, 0.1) is 12.1 Å². The number of carbonyl (C=O) groups is 2. The van der Waals surface area contributed by atoms with Gasteiger partial charge in [0.25, 0.3) is 0 Å². The highest BCUT2D eigenvalue weighted by molar-refractivity contribution is 5.94. The molecule has 1 aliphatic heterocycles. The Morgan fingerprint density at radius 3 is 2.69 bits per heavy atom. The van der Waals surface area contributed by atoms with Gasteiger partial charge in [-0.1, -0.05) is 0 Å². The molecule has 0 saturated carbocycles. The zero-order valence-electron chi connectivity index (χ0n) is 10.4. The Balaban J connectivity index is 2.53. The molecule has 1 unspecified atom stereocenters. The summed E-state index contributed by atoms with van der Waals surface area (Å²) in [7, 11) is 1.65. The van der Waals surface area contributed by atoms with Crippen molar-refractivity contribution in [2.24, 2.45) is 0 Å². The number of hydrogen-bond donors (Lipinski definition) is 1. The molecule has 5 heteroatoms. The minimum absolute atomic E-state index is 0.0218. The highest BCUT2D eigenvalue weighted by atomic mass is 16.5. The monoisotopic (exact) mass is 228 g/mol. The summed E-state index contributed by atoms with van der Waals surface area (Å²) in [4.78, 5) is 24.6. The number of hydrogen-bond acceptors (Lipinski definition) is 3. The summed E-state index contributed by atoms with van der Waals surface area (Å²) in [5.74, 6) is -0.117. The van der Waals surface area contributed by atoms with E-state index in [2.05, 4.69) is 5.32 Å². The normalized spacial score (nSPS) is 22.2. The fraction of sp³-hybridized carbons (Fsp3) is 0.818. The molecule has 1 heterocycles. The minimum Gasteiger partial charge on any atom is -0.379 e. The van der Waals surface area contributed by atoms with Crippen LogP contribution in [0, 0.1) is 0 Å². The van der Waals surface area contributed by atoms with E-state index >= 15 is 0 Å². The molecule has 1 atom stereocenters. The van der Waals surface area contributed by atoms with Crippen molar-refractivity contribution in [3.8, 4) is 0 Å². The van der Waals surface area contributed by atoms with Gasteiger partial charge in [-0.05, 0) is 27.2 Å². The van der Waals surface area contributed by atoms with E-state index in [1.54, 1.807) is 18.9 Å². The lowest BCUT2D eigenvalue weighted by Crippen LogP contribution is -2.57. The summed E-state index contributed by atoms with van der Waals surface area (Å²) in [6, 6.07) is -0.410. The second-order valence-corrected chi connectivity index (χ2v) is 4.76. The van der Waals surface area contributed by atoms with E-state index in [9.17, 15) is 9.59 Å². The lowest BCUT2D eigenvalue weighted by Gasteiger charge is -2.33. The Morgan fingerprint density at radius 1 is 1.50 bits per heavy atom. The van der Waals surface area contributed by atoms with Crippen molar-refractivity contribution in [3.05, 3.63) is 0 Å². The minimum atomic E-state index is -0.410. The summed E-state index contributed by atoms with van der Waals surface area (Å²) in [6.45, 7) is 6.34. The lowest BCUT2D eigenvalue weighted by molar-refractivity contribution is -0.144. The van der Waals surface area contributed by atoms with Crippen LogP contribution in [0.4, 0.5) is 0 Å². The third kappa shape index (κ3) is 3.20. The van der Waals surface area contributed by atoms with Gasteiger partial charge in [-0.15, -0.1) is 0 Å². The zero-order valence-corrected chi connectivity index (χ0v) is 10.4. The number of nitrogens with zero attached hydrogens (tertiary/aromatic N) is 1. The summed E-state index contributed by atoms with van der Waals surface area (Å²) in [6.07, 6.45) is 0.718. The molecule has 92 valence electrons. The SMILES string of the molecule is COC(C)(C)CCN1CC(=O)NC(C)C1=O. The smallest absolute Gasteiger partial charge is 0.245 e. The number of rotatable bonds is 4. The zero-order chi connectivity index (χ0) is 12.3. The third-order valence-electron chi connectivity index (χ3n) is 2.93. The van der Waals surface area contributed by atoms with Crippen molar-refractivity contribution in [1.29, 1.82) is 0 Å². The van der Waals surface area contributed by atoms with E-state index in [-0.39, 0.29) is 24.0 Å². The molecule has 16 heavy (non-hydrogen) atoms. The molecule has 0 aliphatic carbocycles. The van der Waals surface area contributed by atoms with E-state index in [1.165, 1.54) is 0 Å². The molecular weight excluding hydrogens is 208 g/mol. The summed E-state index contributed by atoms with van der Waals surface area (Å²) in [5.41, 5.74) is -0.266. The van der Waals surface area contributed by atoms with Gasteiger partial charge in [0.1, 0.15) is 6.04 Å². The van der Waals surface area contributed by atoms with Gasteiger partial charge in [-0.2, -0.15) is 0 Å². The van der Waals surface area contributed by atoms with E-state index in [1.807, 2.05) is 13.8 Å². The molecule has 0 aromatic heterocycles. The molecule has 0 bridgehead atoms. The number of nitrogens with one attached hydrogen (secondary N) is 1. The fourth-order valence-corrected chi connectivity index (χ4v) is 1.57. The number of methoxy groups -OCH3 is 1. The summed E-state index contributed by atoms with van der Waals surface area (Å²) < 4.78 is 5.28. The van der Waals surface area contributed by atoms with Gasteiger partial charge in [-0.25, -0.2) is 0 Å². The van der Waals surface area contributed by atoms with Crippen LogP contribution >= 0.6 is 0 Å². The quantitative estimate of drug-likeness (QED) is 0.745. The molecule has 1 N–H and O–H groups in total. The second kappa shape index (κ2) is 4.82. The van der Waals surface area contributed by atoms with Crippen LogP contribution < -0.4 is 5.32 Å². The predicted molar refractivity (Wildman–Crippen MR) is 59.9 cm³/mol. The Labute approximate surface area is 96.1 Å². The summed E-state index contributed by atoms with van der Waals surface area (Å²) in [5, 5.41) is 2.61. The van der Waals surface area contributed by atoms with Crippen LogP contribution in [0.1, 0.15) is 27.2 Å². The average Bonchev–Trinajstić information content (AvgIpc) is 2.21. The van der Waals surface area contributed by atoms with Crippen LogP contribution in [0.25, 0.3) is 0 Å². The first-order valence-corrected chi connectivity index (χ1v) is 5.49. The molecule has 2 amide bonds. The number of ether oxygens (including phenoxy) is 1. The van der Waals surface area contributed by atoms with Gasteiger partial charge in [0, 0.05) is 13.7 Å². The van der Waals surface area contributed by atoms with Crippen LogP contribution in [0.15, 0.2) is 0 Å². The van der Waals surface area contributed by atoms with Crippen LogP contribution in [-0.4, -0.2) is 48.6 Å². The first kappa shape index (κ1) is 13.0. The maximum atomic E-state index is 11.7. The Bertz CT molecular complexity index is 289. The maximum Gasteiger partial charge on any atom is 0.245 e. The average molecular weight is 228 g/mol. The molecule has 1 rings (SSSR count). The van der Waals surface area contributed by atoms with E-state index in [0.29, 0.717) is 6.54 Å². The molecule has 0 radical (unpaired) electrons. The lowest BCUT2D eigenvalue weighted by atomic mass is 10.0. The van der Waals surface area contributed by atoms with Crippen molar-refractivity contribution in [1.82, 2.24) is 10.2 Å². The molecule has 1 aliphatic rings. The molecule has 5 nitrogen and oxygen atoms in total. The Kier molecular flexibility index (Phi) is 3.91. The van der Waals surface area contributed by atoms with Crippen LogP contribution in [0.2, 0.25) is 0 Å². The highest BCUT2D eigenvalue weighted by Gasteiger charge is 2.30. The van der Waals surface area contributed by atoms with Crippen LogP contribution in [0.3, 0.4) is 0 Å². The van der Waals surface area contributed by atoms with Gasteiger partial charge in [0.2, 0.25) is 11.8 Å². The third-order valence-corrected chi connectivity index (χ3v) is 2.93. The fourth-order valence-electron chi connectivity index (χ4n) is 1.57. The standard InChI is InChI=1S/C11H20N2O3/c1-8-10(15)13(7-9(14)12-8)6-5-11(2,3)16-4/h8H,5-7H2,1-4H3,(H,12,14). The van der Waals surface area contributed by atoms with Crippen molar-refractivity contribution in [2.45, 2.75) is 38.8 Å². The molecule has 1 saturated heterocycles. The van der Waals surface area contributed by atoms with Crippen molar-refractivity contribution in [3.63, 3.8) is 0 Å². The predicted octanol–water partition coefficient (Wildman–Crippen LogP) is 0.148. The second-order valence-electron chi connectivity index (χ2n) is 4.76. The molecule has 0 spiro atoms. The topological polar surface area (TPSA) is 58.6 Å². The van der Waals surface area contributed by atoms with Crippen molar-refractivity contribution in [2.75, 3.05) is 20.2 Å². The Hall–Kier alpha value is -1.10. The van der Waals surface area contributed by atoms with Gasteiger partial charge in [-0.3, -0.25) is 9.59 Å². The molecule has 0 aromatic carbocycles. The Morgan fingerprint density at radius 2 is 2.12 bits per heavy atom. The first-order valence-electron chi connectivity index (χ1n) is 5.49. The highest BCUT2D eigenvalue weighted by Crippen LogP contribution is 2.14. The van der Waals surface area contributed by atoms with Crippen LogP contribution in [-0.2, 0) is 14.3 Å².